The Hall–Kier alpha value is -2.52. The predicted molar refractivity (Wildman–Crippen MR) is 127 cm³/mol. The summed E-state index contributed by atoms with van der Waals surface area (Å²) in [5.74, 6) is 0. The maximum Gasteiger partial charge on any atom is 0.0448 e. The number of benzene rings is 2. The van der Waals surface area contributed by atoms with E-state index in [-0.39, 0.29) is 5.41 Å². The van der Waals surface area contributed by atoms with Gasteiger partial charge in [-0.05, 0) is 68.1 Å². The fraction of sp³-hybridized carbons (Fsp3) is 0.407. The van der Waals surface area contributed by atoms with E-state index in [1.54, 1.807) is 0 Å². The van der Waals surface area contributed by atoms with Crippen molar-refractivity contribution in [2.75, 3.05) is 38.6 Å². The van der Waals surface area contributed by atoms with Gasteiger partial charge in [-0.2, -0.15) is 0 Å². The van der Waals surface area contributed by atoms with Gasteiger partial charge in [0.2, 0.25) is 0 Å². The van der Waals surface area contributed by atoms with Crippen molar-refractivity contribution >= 4 is 11.4 Å². The number of likely N-dealkylation sites (tertiary alicyclic amines) is 1. The molecule has 1 spiro atoms. The van der Waals surface area contributed by atoms with Crippen molar-refractivity contribution in [3.05, 3.63) is 83.6 Å². The third kappa shape index (κ3) is 2.99. The highest BCUT2D eigenvalue weighted by Crippen LogP contribution is 2.52. The molecule has 1 fully saturated rings. The van der Waals surface area contributed by atoms with E-state index < -0.39 is 0 Å². The number of fused-ring (bicyclic) bond motifs is 3. The Morgan fingerprint density at radius 1 is 1.00 bits per heavy atom. The van der Waals surface area contributed by atoms with Crippen LogP contribution in [0, 0.1) is 0 Å². The number of rotatable bonds is 4. The largest absolute Gasteiger partial charge is 0.370 e. The highest BCUT2D eigenvalue weighted by atomic mass is 15.2. The molecule has 0 atom stereocenters. The second-order valence-corrected chi connectivity index (χ2v) is 9.34. The summed E-state index contributed by atoms with van der Waals surface area (Å²) in [4.78, 5) is 7.21. The van der Waals surface area contributed by atoms with Crippen molar-refractivity contribution in [3.63, 3.8) is 0 Å². The molecule has 3 aliphatic rings. The molecule has 0 aromatic heterocycles. The van der Waals surface area contributed by atoms with Gasteiger partial charge in [-0.1, -0.05) is 49.6 Å². The molecule has 3 heterocycles. The minimum Gasteiger partial charge on any atom is -0.370 e. The second kappa shape index (κ2) is 7.31. The molecule has 2 aromatic carbocycles. The molecule has 0 unspecified atom stereocenters. The molecule has 3 heteroatoms. The molecule has 0 radical (unpaired) electrons. The number of aryl methyl sites for hydroxylation is 1. The summed E-state index contributed by atoms with van der Waals surface area (Å²) in [6, 6.07) is 15.8. The van der Waals surface area contributed by atoms with Gasteiger partial charge in [0, 0.05) is 48.7 Å². The summed E-state index contributed by atoms with van der Waals surface area (Å²) in [5.41, 5.74) is 9.64. The fourth-order valence-electron chi connectivity index (χ4n) is 5.79. The Morgan fingerprint density at radius 2 is 1.77 bits per heavy atom. The van der Waals surface area contributed by atoms with E-state index >= 15 is 0 Å². The molecule has 3 nitrogen and oxygen atoms in total. The van der Waals surface area contributed by atoms with E-state index in [0.717, 1.165) is 31.8 Å². The summed E-state index contributed by atoms with van der Waals surface area (Å²) in [5, 5.41) is 0. The first-order chi connectivity index (χ1) is 14.5. The van der Waals surface area contributed by atoms with Crippen LogP contribution in [0.4, 0.5) is 5.69 Å². The Morgan fingerprint density at radius 3 is 2.57 bits per heavy atom. The number of piperidine rings is 1. The molecule has 0 bridgehead atoms. The van der Waals surface area contributed by atoms with E-state index in [2.05, 4.69) is 84.4 Å². The number of nitrogens with zero attached hydrogens (tertiary/aromatic N) is 3. The number of allylic oxidation sites excluding steroid dienone is 1. The van der Waals surface area contributed by atoms with Crippen LogP contribution in [0.1, 0.15) is 41.5 Å². The van der Waals surface area contributed by atoms with Gasteiger partial charge >= 0.3 is 0 Å². The van der Waals surface area contributed by atoms with Crippen molar-refractivity contribution in [2.24, 2.45) is 0 Å². The lowest BCUT2D eigenvalue weighted by Crippen LogP contribution is -2.43. The van der Waals surface area contributed by atoms with Crippen LogP contribution in [0.25, 0.3) is 5.70 Å². The average Bonchev–Trinajstić information content (AvgIpc) is 3.16. The minimum atomic E-state index is 0.149. The lowest BCUT2D eigenvalue weighted by Gasteiger charge is -2.41. The molecule has 3 aliphatic heterocycles. The molecule has 0 aliphatic carbocycles. The van der Waals surface area contributed by atoms with Gasteiger partial charge in [-0.3, -0.25) is 0 Å². The summed E-state index contributed by atoms with van der Waals surface area (Å²) in [6.45, 7) is 13.2. The molecule has 5 rings (SSSR count). The number of hydrogen-bond acceptors (Lipinski definition) is 3. The maximum absolute atomic E-state index is 4.49. The van der Waals surface area contributed by atoms with E-state index in [0.29, 0.717) is 0 Å². The zero-order valence-electron chi connectivity index (χ0n) is 18.5. The summed E-state index contributed by atoms with van der Waals surface area (Å²) in [7, 11) is 4.30. The van der Waals surface area contributed by atoms with E-state index in [1.165, 1.54) is 59.4 Å². The predicted octanol–water partition coefficient (Wildman–Crippen LogP) is 5.03. The van der Waals surface area contributed by atoms with Gasteiger partial charge in [0.15, 0.2) is 0 Å². The van der Waals surface area contributed by atoms with Crippen LogP contribution in [0.2, 0.25) is 0 Å². The lowest BCUT2D eigenvalue weighted by molar-refractivity contribution is 0.178. The van der Waals surface area contributed by atoms with Crippen LogP contribution in [0.5, 0.6) is 0 Å². The van der Waals surface area contributed by atoms with Crippen LogP contribution in [-0.4, -0.2) is 43.5 Å². The van der Waals surface area contributed by atoms with Crippen LogP contribution in [-0.2, 0) is 18.4 Å². The molecule has 156 valence electrons. The highest BCUT2D eigenvalue weighted by Gasteiger charge is 2.46. The zero-order valence-corrected chi connectivity index (χ0v) is 18.5. The average molecular weight is 400 g/mol. The minimum absolute atomic E-state index is 0.149. The Bertz CT molecular complexity index is 997. The molecule has 0 amide bonds. The normalized spacial score (nSPS) is 20.2. The number of anilines is 1. The maximum atomic E-state index is 4.49. The van der Waals surface area contributed by atoms with Crippen LogP contribution >= 0.6 is 0 Å². The summed E-state index contributed by atoms with van der Waals surface area (Å²) in [6.07, 6.45) is 4.74. The first-order valence-corrected chi connectivity index (χ1v) is 11.3. The van der Waals surface area contributed by atoms with Gasteiger partial charge in [-0.25, -0.2) is 0 Å². The lowest BCUT2D eigenvalue weighted by atomic mass is 9.72. The Kier molecular flexibility index (Phi) is 4.74. The smallest absolute Gasteiger partial charge is 0.0448 e. The molecular formula is C27H33N3. The van der Waals surface area contributed by atoms with Crippen molar-refractivity contribution in [2.45, 2.75) is 37.6 Å². The van der Waals surface area contributed by atoms with E-state index in [4.69, 9.17) is 0 Å². The number of hydrogen-bond donors (Lipinski definition) is 0. The SMILES string of the molecule is C=C1c2ccc(CCCN3CCC4(CC3)C(=C)N(C)c3ccccc34)cc2CN1C. The zero-order chi connectivity index (χ0) is 20.9. The van der Waals surface area contributed by atoms with Crippen molar-refractivity contribution in [1.82, 2.24) is 9.80 Å². The highest BCUT2D eigenvalue weighted by molar-refractivity contribution is 5.70. The van der Waals surface area contributed by atoms with Gasteiger partial charge in [0.05, 0.1) is 0 Å². The van der Waals surface area contributed by atoms with Gasteiger partial charge in [0.1, 0.15) is 0 Å². The summed E-state index contributed by atoms with van der Waals surface area (Å²) < 4.78 is 0. The molecule has 30 heavy (non-hydrogen) atoms. The first kappa shape index (κ1) is 19.4. The standard InChI is InChI=1S/C27H33N3/c1-20-24-12-11-22(18-23(24)19-28(20)3)8-7-15-30-16-13-27(14-17-30)21(2)29(4)26-10-6-5-9-25(26)27/h5-6,9-12,18H,1-2,7-8,13-17,19H2,3-4H3. The monoisotopic (exact) mass is 399 g/mol. The fourth-order valence-corrected chi connectivity index (χ4v) is 5.79. The first-order valence-electron chi connectivity index (χ1n) is 11.3. The second-order valence-electron chi connectivity index (χ2n) is 9.34. The Balaban J connectivity index is 1.18. The number of para-hydroxylation sites is 1. The van der Waals surface area contributed by atoms with E-state index in [9.17, 15) is 0 Å². The van der Waals surface area contributed by atoms with Crippen LogP contribution in [0.15, 0.2) is 61.3 Å². The van der Waals surface area contributed by atoms with Gasteiger partial charge in [0.25, 0.3) is 0 Å². The van der Waals surface area contributed by atoms with Gasteiger partial charge < -0.3 is 14.7 Å². The van der Waals surface area contributed by atoms with Crippen molar-refractivity contribution in [3.8, 4) is 0 Å². The molecule has 0 N–H and O–H groups in total. The van der Waals surface area contributed by atoms with E-state index in [1.807, 2.05) is 0 Å². The third-order valence-corrected chi connectivity index (χ3v) is 7.74. The topological polar surface area (TPSA) is 9.72 Å². The third-order valence-electron chi connectivity index (χ3n) is 7.74. The van der Waals surface area contributed by atoms with Crippen molar-refractivity contribution in [1.29, 1.82) is 0 Å². The van der Waals surface area contributed by atoms with Crippen LogP contribution in [0.3, 0.4) is 0 Å². The molecule has 2 aromatic rings. The quantitative estimate of drug-likeness (QED) is 0.714. The number of likely N-dealkylation sites (N-methyl/N-ethyl adjacent to an activating group) is 1. The summed E-state index contributed by atoms with van der Waals surface area (Å²) >= 11 is 0. The van der Waals surface area contributed by atoms with Crippen LogP contribution < -0.4 is 4.90 Å². The molecular weight excluding hydrogens is 366 g/mol. The van der Waals surface area contributed by atoms with Gasteiger partial charge in [-0.15, -0.1) is 0 Å². The molecule has 1 saturated heterocycles. The molecule has 0 saturated carbocycles. The van der Waals surface area contributed by atoms with Crippen molar-refractivity contribution < 1.29 is 0 Å². The Labute approximate surface area is 181 Å².